The lowest BCUT2D eigenvalue weighted by Crippen LogP contribution is -1.99. The number of benzene rings is 2. The van der Waals surface area contributed by atoms with Crippen LogP contribution >= 0.6 is 11.3 Å². The van der Waals surface area contributed by atoms with Crippen molar-refractivity contribution in [2.75, 3.05) is 14.2 Å². The van der Waals surface area contributed by atoms with Crippen LogP contribution in [0.25, 0.3) is 31.8 Å². The van der Waals surface area contributed by atoms with Crippen LogP contribution in [-0.2, 0) is 11.3 Å². The van der Waals surface area contributed by atoms with Crippen LogP contribution in [0.1, 0.15) is 35.4 Å². The highest BCUT2D eigenvalue weighted by molar-refractivity contribution is 7.21. The molecule has 2 aromatic carbocycles. The summed E-state index contributed by atoms with van der Waals surface area (Å²) in [7, 11) is 3.29. The second-order valence-corrected chi connectivity index (χ2v) is 8.16. The van der Waals surface area contributed by atoms with Crippen LogP contribution in [0.5, 0.6) is 5.75 Å². The molecule has 6 nitrogen and oxygen atoms in total. The Labute approximate surface area is 173 Å². The Kier molecular flexibility index (Phi) is 5.21. The van der Waals surface area contributed by atoms with Crippen molar-refractivity contribution >= 4 is 32.6 Å². The van der Waals surface area contributed by atoms with E-state index < -0.39 is 6.10 Å². The van der Waals surface area contributed by atoms with Crippen molar-refractivity contribution < 1.29 is 14.6 Å². The van der Waals surface area contributed by atoms with Crippen LogP contribution in [0.15, 0.2) is 24.4 Å². The fourth-order valence-electron chi connectivity index (χ4n) is 3.68. The molecule has 0 aliphatic carbocycles. The molecule has 0 aliphatic rings. The van der Waals surface area contributed by atoms with Gasteiger partial charge in [-0.15, -0.1) is 11.3 Å². The van der Waals surface area contributed by atoms with Gasteiger partial charge in [-0.05, 0) is 50.1 Å². The number of hydrogen-bond donors (Lipinski definition) is 1. The smallest absolute Gasteiger partial charge is 0.126 e. The molecule has 150 valence electrons. The number of aromatic nitrogens is 3. The summed E-state index contributed by atoms with van der Waals surface area (Å²) in [5.41, 5.74) is 6.94. The van der Waals surface area contributed by atoms with Gasteiger partial charge in [0.25, 0.3) is 0 Å². The number of methoxy groups -OCH3 is 2. The van der Waals surface area contributed by atoms with Gasteiger partial charge in [0.05, 0.1) is 53.0 Å². The molecule has 0 fully saturated rings. The van der Waals surface area contributed by atoms with Crippen LogP contribution in [0.2, 0.25) is 0 Å². The summed E-state index contributed by atoms with van der Waals surface area (Å²) in [6.45, 7) is 6.16. The van der Waals surface area contributed by atoms with Gasteiger partial charge in [-0.3, -0.25) is 4.98 Å². The van der Waals surface area contributed by atoms with E-state index in [4.69, 9.17) is 14.5 Å². The van der Waals surface area contributed by atoms with Crippen LogP contribution < -0.4 is 4.74 Å². The van der Waals surface area contributed by atoms with E-state index in [-0.39, 0.29) is 0 Å². The zero-order valence-corrected chi connectivity index (χ0v) is 17.9. The number of rotatable bonds is 5. The first-order valence-corrected chi connectivity index (χ1v) is 10.2. The molecule has 2 heterocycles. The van der Waals surface area contributed by atoms with Gasteiger partial charge >= 0.3 is 0 Å². The van der Waals surface area contributed by atoms with E-state index in [1.165, 1.54) is 0 Å². The van der Waals surface area contributed by atoms with Gasteiger partial charge in [0.2, 0.25) is 0 Å². The summed E-state index contributed by atoms with van der Waals surface area (Å²) in [4.78, 5) is 14.2. The number of fused-ring (bicyclic) bond motifs is 2. The summed E-state index contributed by atoms with van der Waals surface area (Å²) in [6.07, 6.45) is 1.10. The molecule has 4 aromatic rings. The molecule has 7 heteroatoms. The number of aryl methyl sites for hydroxylation is 1. The fraction of sp³-hybridized carbons (Fsp3) is 0.318. The van der Waals surface area contributed by atoms with E-state index in [0.717, 1.165) is 60.0 Å². The van der Waals surface area contributed by atoms with E-state index in [1.807, 2.05) is 26.0 Å². The second-order valence-electron chi connectivity index (χ2n) is 7.13. The van der Waals surface area contributed by atoms with Crippen molar-refractivity contribution in [3.05, 3.63) is 46.8 Å². The highest BCUT2D eigenvalue weighted by Crippen LogP contribution is 2.40. The molecular weight excluding hydrogens is 386 g/mol. The molecule has 29 heavy (non-hydrogen) atoms. The molecule has 0 bridgehead atoms. The zero-order valence-electron chi connectivity index (χ0n) is 17.1. The van der Waals surface area contributed by atoms with E-state index in [9.17, 15) is 5.11 Å². The molecule has 0 aliphatic heterocycles. The summed E-state index contributed by atoms with van der Waals surface area (Å²) >= 11 is 1.56. The second kappa shape index (κ2) is 7.67. The van der Waals surface area contributed by atoms with E-state index in [0.29, 0.717) is 6.61 Å². The number of thiazole rings is 1. The van der Waals surface area contributed by atoms with Crippen LogP contribution in [-0.4, -0.2) is 34.3 Å². The third-order valence-corrected chi connectivity index (χ3v) is 5.98. The highest BCUT2D eigenvalue weighted by Gasteiger charge is 2.20. The Hall–Kier alpha value is -2.61. The molecule has 2 aromatic heterocycles. The van der Waals surface area contributed by atoms with E-state index in [1.54, 1.807) is 38.7 Å². The quantitative estimate of drug-likeness (QED) is 0.513. The molecule has 0 saturated carbocycles. The fourth-order valence-corrected chi connectivity index (χ4v) is 4.71. The summed E-state index contributed by atoms with van der Waals surface area (Å²) < 4.78 is 11.7. The molecule has 0 radical (unpaired) electrons. The minimum absolute atomic E-state index is 0.421. The van der Waals surface area contributed by atoms with Gasteiger partial charge in [0.1, 0.15) is 10.8 Å². The Morgan fingerprint density at radius 3 is 2.59 bits per heavy atom. The first-order chi connectivity index (χ1) is 13.9. The van der Waals surface area contributed by atoms with Crippen LogP contribution in [0.4, 0.5) is 0 Å². The molecule has 4 rings (SSSR count). The molecule has 1 N–H and O–H groups in total. The molecular formula is C22H23N3O3S. The average Bonchev–Trinajstić information content (AvgIpc) is 3.09. The molecule has 0 saturated heterocycles. The first kappa shape index (κ1) is 19.7. The summed E-state index contributed by atoms with van der Waals surface area (Å²) in [5, 5.41) is 11.2. The van der Waals surface area contributed by atoms with Crippen molar-refractivity contribution in [1.29, 1.82) is 0 Å². The number of aliphatic hydroxyl groups is 1. The monoisotopic (exact) mass is 409 g/mol. The summed E-state index contributed by atoms with van der Waals surface area (Å²) in [6, 6.07) is 6.08. The molecule has 0 spiro atoms. The molecule has 0 amide bonds. The summed E-state index contributed by atoms with van der Waals surface area (Å²) in [5.74, 6) is 0.752. The SMILES string of the molecule is COCc1cnc2c(-c3nc4c([C@H](C)O)c(C)c(OC)cc4s3)cc(C)cc2n1. The maximum atomic E-state index is 10.4. The molecule has 0 unspecified atom stereocenters. The average molecular weight is 410 g/mol. The predicted octanol–water partition coefficient (Wildman–Crippen LogP) is 4.73. The van der Waals surface area contributed by atoms with Crippen molar-refractivity contribution in [3.8, 4) is 16.3 Å². The topological polar surface area (TPSA) is 77.4 Å². The highest BCUT2D eigenvalue weighted by atomic mass is 32.1. The van der Waals surface area contributed by atoms with Gasteiger partial charge in [-0.25, -0.2) is 9.97 Å². The number of hydrogen-bond acceptors (Lipinski definition) is 7. The Bertz CT molecular complexity index is 1220. The number of ether oxygens (including phenoxy) is 2. The lowest BCUT2D eigenvalue weighted by molar-refractivity contribution is 0.181. The van der Waals surface area contributed by atoms with E-state index in [2.05, 4.69) is 16.0 Å². The van der Waals surface area contributed by atoms with Gasteiger partial charge in [-0.2, -0.15) is 0 Å². The predicted molar refractivity (Wildman–Crippen MR) is 116 cm³/mol. The maximum Gasteiger partial charge on any atom is 0.126 e. The van der Waals surface area contributed by atoms with Gasteiger partial charge in [0.15, 0.2) is 0 Å². The van der Waals surface area contributed by atoms with Crippen molar-refractivity contribution in [2.45, 2.75) is 33.5 Å². The Morgan fingerprint density at radius 1 is 1.10 bits per heavy atom. The van der Waals surface area contributed by atoms with Gasteiger partial charge < -0.3 is 14.6 Å². The van der Waals surface area contributed by atoms with Crippen molar-refractivity contribution in [3.63, 3.8) is 0 Å². The Morgan fingerprint density at radius 2 is 1.90 bits per heavy atom. The zero-order chi connectivity index (χ0) is 20.7. The van der Waals surface area contributed by atoms with Gasteiger partial charge in [-0.1, -0.05) is 0 Å². The number of nitrogens with zero attached hydrogens (tertiary/aromatic N) is 3. The first-order valence-electron chi connectivity index (χ1n) is 9.34. The van der Waals surface area contributed by atoms with Gasteiger partial charge in [0, 0.05) is 18.2 Å². The maximum absolute atomic E-state index is 10.4. The number of aliphatic hydroxyl groups excluding tert-OH is 1. The molecule has 1 atom stereocenters. The van der Waals surface area contributed by atoms with Crippen molar-refractivity contribution in [2.24, 2.45) is 0 Å². The third-order valence-electron chi connectivity index (χ3n) is 4.95. The third kappa shape index (κ3) is 3.46. The minimum atomic E-state index is -0.645. The van der Waals surface area contributed by atoms with Crippen LogP contribution in [0, 0.1) is 13.8 Å². The Balaban J connectivity index is 1.97. The van der Waals surface area contributed by atoms with Crippen LogP contribution in [0.3, 0.4) is 0 Å². The lowest BCUT2D eigenvalue weighted by Gasteiger charge is -2.13. The van der Waals surface area contributed by atoms with Crippen molar-refractivity contribution in [1.82, 2.24) is 15.0 Å². The minimum Gasteiger partial charge on any atom is -0.496 e. The standard InChI is InChI=1S/C22H23N3O3S/c1-11-6-15(20-16(7-11)24-14(9-23-20)10-27-4)22-25-21-18(29-22)8-17(28-5)12(2)19(21)13(3)26/h6-9,13,26H,10H2,1-5H3/t13-/m0/s1. The largest absolute Gasteiger partial charge is 0.496 e. The van der Waals surface area contributed by atoms with E-state index >= 15 is 0 Å². The normalized spacial score (nSPS) is 12.6. The lowest BCUT2D eigenvalue weighted by atomic mass is 10.0.